The highest BCUT2D eigenvalue weighted by Gasteiger charge is 2.40. The molecule has 1 aliphatic heterocycles. The second-order valence-electron chi connectivity index (χ2n) is 7.37. The molecule has 0 saturated carbocycles. The van der Waals surface area contributed by atoms with Gasteiger partial charge in [-0.25, -0.2) is 0 Å². The lowest BCUT2D eigenvalue weighted by molar-refractivity contribution is 0.0635. The molecule has 0 fully saturated rings. The summed E-state index contributed by atoms with van der Waals surface area (Å²) in [6.45, 7) is 4.19. The molecule has 1 aliphatic carbocycles. The van der Waals surface area contributed by atoms with Crippen molar-refractivity contribution < 1.29 is 19.5 Å². The summed E-state index contributed by atoms with van der Waals surface area (Å²) in [5.41, 5.74) is 1.78. The molecule has 0 aromatic heterocycles. The third kappa shape index (κ3) is 2.75. The number of hydrogen-bond donors (Lipinski definition) is 1. The first-order valence-corrected chi connectivity index (χ1v) is 9.11. The molecule has 7 heteroatoms. The van der Waals surface area contributed by atoms with Crippen molar-refractivity contribution in [3.05, 3.63) is 64.7 Å². The van der Waals surface area contributed by atoms with Gasteiger partial charge in [0.05, 0.1) is 16.8 Å². The molecule has 1 heterocycles. The maximum Gasteiger partial charge on any atom is 0.263 e. The third-order valence-corrected chi connectivity index (χ3v) is 4.93. The lowest BCUT2D eigenvalue weighted by Crippen LogP contribution is -2.33. The Morgan fingerprint density at radius 2 is 1.71 bits per heavy atom. The van der Waals surface area contributed by atoms with Crippen LogP contribution in [0.2, 0.25) is 0 Å². The molecule has 0 radical (unpaired) electrons. The van der Waals surface area contributed by atoms with Crippen LogP contribution in [0, 0.1) is 5.92 Å². The van der Waals surface area contributed by atoms with Crippen LogP contribution >= 0.6 is 0 Å². The summed E-state index contributed by atoms with van der Waals surface area (Å²) in [5.74, 6) is -0.991. The summed E-state index contributed by atoms with van der Waals surface area (Å²) in [6.07, 6.45) is -1.31. The van der Waals surface area contributed by atoms with Crippen LogP contribution in [0.5, 0.6) is 0 Å². The van der Waals surface area contributed by atoms with Crippen LogP contribution in [0.4, 0.5) is 5.69 Å². The van der Waals surface area contributed by atoms with Crippen LogP contribution < -0.4 is 0 Å². The topological polar surface area (TPSA) is 99.4 Å². The van der Waals surface area contributed by atoms with Crippen LogP contribution in [0.1, 0.15) is 56.5 Å². The molecule has 2 aromatic carbocycles. The molecule has 0 bridgehead atoms. The van der Waals surface area contributed by atoms with E-state index >= 15 is 0 Å². The fourth-order valence-electron chi connectivity index (χ4n) is 3.63. The SMILES string of the molecule is CC(C)CN1C(=O)c2cccc(N=NC3c4ccccc4C(=O)C3O)c2C1=O. The summed E-state index contributed by atoms with van der Waals surface area (Å²) >= 11 is 0. The molecule has 1 N–H and O–H groups in total. The first kappa shape index (κ1) is 18.2. The Morgan fingerprint density at radius 1 is 1.00 bits per heavy atom. The number of aliphatic hydroxyl groups is 1. The first-order valence-electron chi connectivity index (χ1n) is 9.11. The standard InChI is InChI=1S/C21H19N3O4/c1-11(2)10-24-20(27)14-8-5-9-15(16(14)21(24)28)22-23-17-12-6-3-4-7-13(12)18(25)19(17)26/h3-9,11,17,19,26H,10H2,1-2H3. The quantitative estimate of drug-likeness (QED) is 0.652. The van der Waals surface area contributed by atoms with Gasteiger partial charge in [0.1, 0.15) is 12.1 Å². The van der Waals surface area contributed by atoms with E-state index in [1.807, 2.05) is 13.8 Å². The van der Waals surface area contributed by atoms with Crippen molar-refractivity contribution in [2.24, 2.45) is 16.1 Å². The van der Waals surface area contributed by atoms with E-state index in [1.54, 1.807) is 42.5 Å². The fraction of sp³-hybridized carbons (Fsp3) is 0.286. The number of azo groups is 1. The number of imide groups is 1. The molecule has 142 valence electrons. The van der Waals surface area contributed by atoms with E-state index in [0.29, 0.717) is 23.2 Å². The largest absolute Gasteiger partial charge is 0.382 e. The zero-order valence-corrected chi connectivity index (χ0v) is 15.5. The summed E-state index contributed by atoms with van der Waals surface area (Å²) in [4.78, 5) is 38.7. The van der Waals surface area contributed by atoms with Crippen LogP contribution in [0.3, 0.4) is 0 Å². The molecule has 7 nitrogen and oxygen atoms in total. The lowest BCUT2D eigenvalue weighted by atomic mass is 10.1. The van der Waals surface area contributed by atoms with Gasteiger partial charge in [0.25, 0.3) is 11.8 Å². The Kier molecular flexibility index (Phi) is 4.39. The number of benzene rings is 2. The van der Waals surface area contributed by atoms with Gasteiger partial charge in [-0.1, -0.05) is 44.2 Å². The van der Waals surface area contributed by atoms with E-state index in [0.717, 1.165) is 0 Å². The number of ketones is 1. The van der Waals surface area contributed by atoms with Gasteiger partial charge in [-0.3, -0.25) is 19.3 Å². The van der Waals surface area contributed by atoms with Gasteiger partial charge >= 0.3 is 0 Å². The Bertz CT molecular complexity index is 1030. The van der Waals surface area contributed by atoms with E-state index < -0.39 is 23.8 Å². The second-order valence-corrected chi connectivity index (χ2v) is 7.37. The number of fused-ring (bicyclic) bond motifs is 2. The van der Waals surface area contributed by atoms with E-state index in [2.05, 4.69) is 10.2 Å². The van der Waals surface area contributed by atoms with Crippen LogP contribution in [0.15, 0.2) is 52.7 Å². The Hall–Kier alpha value is -3.19. The minimum absolute atomic E-state index is 0.142. The number of carbonyl (C=O) groups excluding carboxylic acids is 3. The molecule has 4 rings (SSSR count). The highest BCUT2D eigenvalue weighted by molar-refractivity contribution is 6.23. The second kappa shape index (κ2) is 6.76. The van der Waals surface area contributed by atoms with Crippen molar-refractivity contribution in [1.82, 2.24) is 4.90 Å². The fourth-order valence-corrected chi connectivity index (χ4v) is 3.63. The molecule has 2 amide bonds. The summed E-state index contributed by atoms with van der Waals surface area (Å²) in [6, 6.07) is 10.9. The Balaban J connectivity index is 1.70. The third-order valence-electron chi connectivity index (χ3n) is 4.93. The number of Topliss-reactive ketones (excluding diaryl/α,β-unsaturated/α-hetero) is 1. The normalized spacial score (nSPS) is 21.1. The van der Waals surface area contributed by atoms with Gasteiger partial charge in [0.15, 0.2) is 5.78 Å². The molecule has 2 atom stereocenters. The number of carbonyl (C=O) groups is 3. The van der Waals surface area contributed by atoms with E-state index in [4.69, 9.17) is 0 Å². The molecular weight excluding hydrogens is 358 g/mol. The number of rotatable bonds is 4. The Labute approximate surface area is 161 Å². The average molecular weight is 377 g/mol. The minimum Gasteiger partial charge on any atom is -0.382 e. The summed E-state index contributed by atoms with van der Waals surface area (Å²) < 4.78 is 0. The monoisotopic (exact) mass is 377 g/mol. The number of hydrogen-bond acceptors (Lipinski definition) is 6. The van der Waals surface area contributed by atoms with Gasteiger partial charge in [0, 0.05) is 12.1 Å². The van der Waals surface area contributed by atoms with Crippen LogP contribution in [-0.2, 0) is 0 Å². The number of amides is 2. The molecule has 0 spiro atoms. The highest BCUT2D eigenvalue weighted by Crippen LogP contribution is 2.37. The van der Waals surface area contributed by atoms with Crippen LogP contribution in [-0.4, -0.2) is 40.3 Å². The van der Waals surface area contributed by atoms with E-state index in [9.17, 15) is 19.5 Å². The molecular formula is C21H19N3O4. The minimum atomic E-state index is -1.31. The first-order chi connectivity index (χ1) is 13.4. The van der Waals surface area contributed by atoms with Gasteiger partial charge in [0.2, 0.25) is 0 Å². The Morgan fingerprint density at radius 3 is 2.46 bits per heavy atom. The van der Waals surface area contributed by atoms with Gasteiger partial charge in [-0.2, -0.15) is 10.2 Å². The average Bonchev–Trinajstić information content (AvgIpc) is 3.07. The molecule has 2 aromatic rings. The van der Waals surface area contributed by atoms with Gasteiger partial charge < -0.3 is 5.11 Å². The smallest absolute Gasteiger partial charge is 0.263 e. The molecule has 0 saturated heterocycles. The molecule has 2 aliphatic rings. The van der Waals surface area contributed by atoms with E-state index in [1.165, 1.54) is 4.90 Å². The predicted molar refractivity (Wildman–Crippen MR) is 101 cm³/mol. The number of nitrogens with zero attached hydrogens (tertiary/aromatic N) is 3. The summed E-state index contributed by atoms with van der Waals surface area (Å²) in [5, 5.41) is 18.6. The maximum atomic E-state index is 12.8. The van der Waals surface area contributed by atoms with Crippen molar-refractivity contribution in [2.45, 2.75) is 26.0 Å². The molecule has 28 heavy (non-hydrogen) atoms. The van der Waals surface area contributed by atoms with Gasteiger partial charge in [-0.05, 0) is 23.6 Å². The maximum absolute atomic E-state index is 12.8. The van der Waals surface area contributed by atoms with Crippen molar-refractivity contribution in [1.29, 1.82) is 0 Å². The van der Waals surface area contributed by atoms with Crippen molar-refractivity contribution in [3.63, 3.8) is 0 Å². The van der Waals surface area contributed by atoms with Crippen molar-refractivity contribution in [2.75, 3.05) is 6.54 Å². The lowest BCUT2D eigenvalue weighted by Gasteiger charge is -2.15. The predicted octanol–water partition coefficient (Wildman–Crippen LogP) is 3.32. The molecule has 2 unspecified atom stereocenters. The zero-order valence-electron chi connectivity index (χ0n) is 15.5. The summed E-state index contributed by atoms with van der Waals surface area (Å²) in [7, 11) is 0. The van der Waals surface area contributed by atoms with Crippen molar-refractivity contribution >= 4 is 23.3 Å². The number of aliphatic hydroxyl groups excluding tert-OH is 1. The van der Waals surface area contributed by atoms with Crippen LogP contribution in [0.25, 0.3) is 0 Å². The zero-order chi connectivity index (χ0) is 20.0. The highest BCUT2D eigenvalue weighted by atomic mass is 16.3. The van der Waals surface area contributed by atoms with Crippen molar-refractivity contribution in [3.8, 4) is 0 Å². The van der Waals surface area contributed by atoms with E-state index in [-0.39, 0.29) is 23.1 Å². The van der Waals surface area contributed by atoms with Gasteiger partial charge in [-0.15, -0.1) is 0 Å².